The van der Waals surface area contributed by atoms with Crippen LogP contribution in [0.2, 0.25) is 0 Å². The lowest BCUT2D eigenvalue weighted by Crippen LogP contribution is -2.61. The topological polar surface area (TPSA) is 141 Å². The van der Waals surface area contributed by atoms with Gasteiger partial charge >= 0.3 is 6.03 Å². The molecule has 2 aromatic rings. The van der Waals surface area contributed by atoms with Gasteiger partial charge in [0.25, 0.3) is 35.7 Å². The van der Waals surface area contributed by atoms with Gasteiger partial charge in [0, 0.05) is 25.5 Å². The number of thiophene rings is 1. The number of hydrogen-bond acceptors (Lipinski definition) is 9. The molecule has 1 atom stereocenters. The molecule has 2 aliphatic heterocycles. The minimum Gasteiger partial charge on any atom is -0.299 e. The Morgan fingerprint density at radius 3 is 2.77 bits per heavy atom. The number of aromatic nitrogens is 1. The van der Waals surface area contributed by atoms with Gasteiger partial charge in [-0.15, -0.1) is 22.7 Å². The Bertz CT molecular complexity index is 1150. The van der Waals surface area contributed by atoms with Gasteiger partial charge in [0.05, 0.1) is 20.9 Å². The highest BCUT2D eigenvalue weighted by atomic mass is 32.1. The van der Waals surface area contributed by atoms with Crippen LogP contribution in [0.1, 0.15) is 0 Å². The zero-order valence-electron chi connectivity index (χ0n) is 15.6. The van der Waals surface area contributed by atoms with E-state index in [1.807, 2.05) is 0 Å². The predicted molar refractivity (Wildman–Crippen MR) is 109 cm³/mol. The highest BCUT2D eigenvalue weighted by Gasteiger charge is 2.50. The third-order valence-electron chi connectivity index (χ3n) is 4.52. The van der Waals surface area contributed by atoms with Crippen LogP contribution in [0.4, 0.5) is 15.6 Å². The molecule has 0 bridgehead atoms. The van der Waals surface area contributed by atoms with E-state index in [0.717, 1.165) is 4.90 Å². The fraction of sp³-hybridized carbons (Fsp3) is 0.250. The summed E-state index contributed by atoms with van der Waals surface area (Å²) < 4.78 is 1.45. The number of nitrogens with one attached hydrogen (secondary N) is 1. The molecular formula is C16H14N7O5S2+. The number of amides is 4. The standard InChI is InChI=1S/C16H13N7O5S2/c1-20-13-12(14(25)21(2)16(20)26)22(7-17-13)4-11(24)19-15-18-9(6-30-15)10-3-8(5-29-10)23(27)28/h3,5-7,12H,4H2,1-2H3/p+1. The van der Waals surface area contributed by atoms with E-state index in [0.29, 0.717) is 15.7 Å². The number of thiazole rings is 1. The molecule has 1 N–H and O–H groups in total. The molecule has 2 aromatic heterocycles. The molecule has 0 aliphatic carbocycles. The first-order valence-corrected chi connectivity index (χ1v) is 10.2. The molecule has 0 aromatic carbocycles. The molecule has 12 nitrogen and oxygen atoms in total. The molecule has 1 saturated heterocycles. The fourth-order valence-corrected chi connectivity index (χ4v) is 4.62. The predicted octanol–water partition coefficient (Wildman–Crippen LogP) is 1.06. The number of rotatable bonds is 5. The van der Waals surface area contributed by atoms with Crippen LogP contribution in [-0.4, -0.2) is 81.0 Å². The van der Waals surface area contributed by atoms with Crippen LogP contribution in [0.3, 0.4) is 0 Å². The smallest absolute Gasteiger partial charge is 0.299 e. The van der Waals surface area contributed by atoms with E-state index in [9.17, 15) is 24.5 Å². The van der Waals surface area contributed by atoms with Gasteiger partial charge in [-0.25, -0.2) is 14.4 Å². The minimum atomic E-state index is -0.845. The molecule has 4 heterocycles. The molecule has 14 heteroatoms. The van der Waals surface area contributed by atoms with Gasteiger partial charge in [-0.1, -0.05) is 0 Å². The molecular weight excluding hydrogens is 434 g/mol. The Kier molecular flexibility index (Phi) is 4.87. The second kappa shape index (κ2) is 7.38. The third kappa shape index (κ3) is 3.35. The first kappa shape index (κ1) is 19.8. The molecule has 0 radical (unpaired) electrons. The zero-order chi connectivity index (χ0) is 21.6. The van der Waals surface area contributed by atoms with Crippen molar-refractivity contribution >= 4 is 63.5 Å². The second-order valence-electron chi connectivity index (χ2n) is 6.43. The van der Waals surface area contributed by atoms with Crippen LogP contribution in [0.5, 0.6) is 0 Å². The maximum Gasteiger partial charge on any atom is 0.333 e. The van der Waals surface area contributed by atoms with E-state index in [2.05, 4.69) is 15.3 Å². The highest BCUT2D eigenvalue weighted by Crippen LogP contribution is 2.32. The number of carbonyl (C=O) groups excluding carboxylic acids is 3. The molecule has 4 rings (SSSR count). The lowest BCUT2D eigenvalue weighted by atomic mass is 10.1. The number of anilines is 1. The van der Waals surface area contributed by atoms with Gasteiger partial charge in [0.15, 0.2) is 11.7 Å². The van der Waals surface area contributed by atoms with Crippen molar-refractivity contribution in [1.82, 2.24) is 14.8 Å². The van der Waals surface area contributed by atoms with Crippen molar-refractivity contribution in [3.8, 4) is 10.6 Å². The van der Waals surface area contributed by atoms with Crippen molar-refractivity contribution in [1.29, 1.82) is 0 Å². The number of imide groups is 1. The van der Waals surface area contributed by atoms with Crippen molar-refractivity contribution in [2.24, 2.45) is 4.99 Å². The number of amidine groups is 1. The van der Waals surface area contributed by atoms with E-state index in [1.54, 1.807) is 5.38 Å². The minimum absolute atomic E-state index is 0.0143. The number of nitrogens with zero attached hydrogens (tertiary/aromatic N) is 6. The number of carbonyl (C=O) groups is 3. The van der Waals surface area contributed by atoms with Gasteiger partial charge in [-0.3, -0.25) is 34.8 Å². The summed E-state index contributed by atoms with van der Waals surface area (Å²) in [6.07, 6.45) is 1.36. The molecule has 30 heavy (non-hydrogen) atoms. The van der Waals surface area contributed by atoms with Crippen LogP contribution < -0.4 is 5.32 Å². The Balaban J connectivity index is 1.42. The lowest BCUT2D eigenvalue weighted by molar-refractivity contribution is -0.519. The van der Waals surface area contributed by atoms with E-state index < -0.39 is 28.8 Å². The van der Waals surface area contributed by atoms with Crippen molar-refractivity contribution in [2.45, 2.75) is 6.04 Å². The molecule has 154 valence electrons. The summed E-state index contributed by atoms with van der Waals surface area (Å²) in [6.45, 7) is -0.168. The second-order valence-corrected chi connectivity index (χ2v) is 8.20. The monoisotopic (exact) mass is 448 g/mol. The van der Waals surface area contributed by atoms with Crippen LogP contribution in [0.25, 0.3) is 10.6 Å². The van der Waals surface area contributed by atoms with Gasteiger partial charge in [0.2, 0.25) is 0 Å². The van der Waals surface area contributed by atoms with E-state index in [1.165, 1.54) is 64.0 Å². The van der Waals surface area contributed by atoms with Gasteiger partial charge in [0.1, 0.15) is 0 Å². The summed E-state index contributed by atoms with van der Waals surface area (Å²) in [5.74, 6) is -0.614. The molecule has 0 spiro atoms. The number of fused-ring (bicyclic) bond motifs is 1. The first-order valence-electron chi connectivity index (χ1n) is 8.47. The molecule has 2 aliphatic rings. The average Bonchev–Trinajstić information content (AvgIpc) is 3.43. The summed E-state index contributed by atoms with van der Waals surface area (Å²) in [5, 5.41) is 16.9. The number of likely N-dealkylation sites (N-methyl/N-ethyl adjacent to an activating group) is 2. The van der Waals surface area contributed by atoms with Crippen molar-refractivity contribution < 1.29 is 23.9 Å². The van der Waals surface area contributed by atoms with Crippen LogP contribution >= 0.6 is 22.7 Å². The van der Waals surface area contributed by atoms with Gasteiger partial charge < -0.3 is 0 Å². The van der Waals surface area contributed by atoms with E-state index in [4.69, 9.17) is 0 Å². The normalized spacial score (nSPS) is 18.3. The summed E-state index contributed by atoms with van der Waals surface area (Å²) in [6, 6.07) is 0.0904. The van der Waals surface area contributed by atoms with Gasteiger partial charge in [-0.05, 0) is 4.99 Å². The van der Waals surface area contributed by atoms with Crippen molar-refractivity contribution in [3.05, 3.63) is 26.9 Å². The summed E-state index contributed by atoms with van der Waals surface area (Å²) in [4.78, 5) is 58.5. The fourth-order valence-electron chi connectivity index (χ4n) is 3.00. The molecule has 1 fully saturated rings. The van der Waals surface area contributed by atoms with Crippen LogP contribution in [0.15, 0.2) is 21.8 Å². The SMILES string of the molecule is CN1C(=O)C2C(=NC=[N+]2CC(=O)Nc2nc(-c3cc([N+](=O)[O-])cs3)cs2)N(C)C1=O. The van der Waals surface area contributed by atoms with Crippen LogP contribution in [0, 0.1) is 10.1 Å². The zero-order valence-corrected chi connectivity index (χ0v) is 17.3. The number of aliphatic imine (C=N–C) groups is 1. The highest BCUT2D eigenvalue weighted by molar-refractivity contribution is 7.16. The molecule has 4 amide bonds. The van der Waals surface area contributed by atoms with Crippen molar-refractivity contribution in [2.75, 3.05) is 26.0 Å². The summed E-state index contributed by atoms with van der Waals surface area (Å²) in [5.41, 5.74) is 0.510. The van der Waals surface area contributed by atoms with E-state index in [-0.39, 0.29) is 18.1 Å². The maximum absolute atomic E-state index is 12.5. The average molecular weight is 448 g/mol. The summed E-state index contributed by atoms with van der Waals surface area (Å²) in [7, 11) is 2.89. The Morgan fingerprint density at radius 2 is 2.07 bits per heavy atom. The number of nitro groups is 1. The lowest BCUT2D eigenvalue weighted by Gasteiger charge is -2.30. The maximum atomic E-state index is 12.5. The Morgan fingerprint density at radius 1 is 1.30 bits per heavy atom. The van der Waals surface area contributed by atoms with Gasteiger partial charge in [-0.2, -0.15) is 0 Å². The first-order chi connectivity index (χ1) is 14.3. The Labute approximate surface area is 176 Å². The molecule has 0 saturated carbocycles. The Hall–Kier alpha value is -3.52. The quantitative estimate of drug-likeness (QED) is 0.412. The molecule has 1 unspecified atom stereocenters. The number of urea groups is 1. The van der Waals surface area contributed by atoms with E-state index >= 15 is 0 Å². The third-order valence-corrected chi connectivity index (χ3v) is 6.22. The summed E-state index contributed by atoms with van der Waals surface area (Å²) >= 11 is 2.37. The number of hydrogen-bond donors (Lipinski definition) is 1. The largest absolute Gasteiger partial charge is 0.333 e. The van der Waals surface area contributed by atoms with Crippen molar-refractivity contribution in [3.63, 3.8) is 0 Å². The van der Waals surface area contributed by atoms with Crippen LogP contribution in [-0.2, 0) is 9.59 Å².